The number of aromatic nitrogens is 2. The number of phenols is 1. The molecule has 1 unspecified atom stereocenters. The number of nitrogens with zero attached hydrogens (tertiary/aromatic N) is 2. The van der Waals surface area contributed by atoms with Gasteiger partial charge in [-0.2, -0.15) is 5.10 Å². The quantitative estimate of drug-likeness (QED) is 0.906. The van der Waals surface area contributed by atoms with Crippen LogP contribution in [0.25, 0.3) is 0 Å². The van der Waals surface area contributed by atoms with Crippen LogP contribution < -0.4 is 15.6 Å². The summed E-state index contributed by atoms with van der Waals surface area (Å²) in [6, 6.07) is 4.65. The minimum absolute atomic E-state index is 0.0572. The Morgan fingerprint density at radius 2 is 2.19 bits per heavy atom. The molecule has 112 valence electrons. The Kier molecular flexibility index (Phi) is 4.37. The van der Waals surface area contributed by atoms with Crippen LogP contribution in [-0.4, -0.2) is 22.0 Å². The standard InChI is InChI=1S/C14H16ClN3O3/c1-8(10-6-9(21-3)4-5-12(10)19)17-11-7-16-18(2)14(20)13(11)15/h4-8,17,19H,1-3H3. The molecule has 1 heterocycles. The Balaban J connectivity index is 2.32. The summed E-state index contributed by atoms with van der Waals surface area (Å²) in [5.74, 6) is 0.758. The fourth-order valence-corrected chi connectivity index (χ4v) is 2.15. The number of anilines is 1. The van der Waals surface area contributed by atoms with Crippen molar-refractivity contribution in [1.82, 2.24) is 9.78 Å². The molecule has 0 aliphatic carbocycles. The zero-order valence-electron chi connectivity index (χ0n) is 11.9. The van der Waals surface area contributed by atoms with E-state index in [1.807, 2.05) is 6.92 Å². The summed E-state index contributed by atoms with van der Waals surface area (Å²) in [4.78, 5) is 11.7. The molecule has 0 radical (unpaired) electrons. The van der Waals surface area contributed by atoms with Crippen LogP contribution in [0.1, 0.15) is 18.5 Å². The molecule has 2 rings (SSSR count). The van der Waals surface area contributed by atoms with Gasteiger partial charge >= 0.3 is 0 Å². The summed E-state index contributed by atoms with van der Waals surface area (Å²) in [5.41, 5.74) is 0.657. The number of methoxy groups -OCH3 is 1. The van der Waals surface area contributed by atoms with Crippen molar-refractivity contribution in [2.24, 2.45) is 7.05 Å². The van der Waals surface area contributed by atoms with Crippen molar-refractivity contribution in [3.05, 3.63) is 45.3 Å². The summed E-state index contributed by atoms with van der Waals surface area (Å²) < 4.78 is 6.29. The molecular formula is C14H16ClN3O3. The van der Waals surface area contributed by atoms with Gasteiger partial charge in [0.15, 0.2) is 0 Å². The van der Waals surface area contributed by atoms with Crippen LogP contribution in [0.5, 0.6) is 11.5 Å². The van der Waals surface area contributed by atoms with Gasteiger partial charge in [0, 0.05) is 12.6 Å². The van der Waals surface area contributed by atoms with Gasteiger partial charge in [0.2, 0.25) is 0 Å². The maximum absolute atomic E-state index is 11.7. The van der Waals surface area contributed by atoms with E-state index in [1.165, 1.54) is 13.2 Å². The average Bonchev–Trinajstić information content (AvgIpc) is 2.48. The van der Waals surface area contributed by atoms with Crippen LogP contribution >= 0.6 is 11.6 Å². The molecule has 2 aromatic rings. The molecule has 0 saturated heterocycles. The van der Waals surface area contributed by atoms with Crippen molar-refractivity contribution in [1.29, 1.82) is 0 Å². The van der Waals surface area contributed by atoms with Gasteiger partial charge in [-0.1, -0.05) is 11.6 Å². The van der Waals surface area contributed by atoms with Crippen molar-refractivity contribution in [2.45, 2.75) is 13.0 Å². The van der Waals surface area contributed by atoms with E-state index in [9.17, 15) is 9.90 Å². The van der Waals surface area contributed by atoms with E-state index in [1.54, 1.807) is 25.3 Å². The first-order chi connectivity index (χ1) is 9.93. The highest BCUT2D eigenvalue weighted by Gasteiger charge is 2.15. The predicted molar refractivity (Wildman–Crippen MR) is 81.2 cm³/mol. The lowest BCUT2D eigenvalue weighted by molar-refractivity contribution is 0.410. The van der Waals surface area contributed by atoms with Crippen LogP contribution in [0.15, 0.2) is 29.2 Å². The van der Waals surface area contributed by atoms with Gasteiger partial charge in [0.1, 0.15) is 16.5 Å². The van der Waals surface area contributed by atoms with Crippen LogP contribution in [-0.2, 0) is 7.05 Å². The molecule has 7 heteroatoms. The highest BCUT2D eigenvalue weighted by molar-refractivity contribution is 6.32. The topological polar surface area (TPSA) is 76.4 Å². The van der Waals surface area contributed by atoms with E-state index in [2.05, 4.69) is 10.4 Å². The fraction of sp³-hybridized carbons (Fsp3) is 0.286. The number of aryl methyl sites for hydroxylation is 1. The van der Waals surface area contributed by atoms with Crippen molar-refractivity contribution in [3.63, 3.8) is 0 Å². The minimum Gasteiger partial charge on any atom is -0.508 e. The number of halogens is 1. The van der Waals surface area contributed by atoms with Crippen molar-refractivity contribution < 1.29 is 9.84 Å². The normalized spacial score (nSPS) is 12.0. The Morgan fingerprint density at radius 3 is 2.86 bits per heavy atom. The van der Waals surface area contributed by atoms with Gasteiger partial charge < -0.3 is 15.2 Å². The van der Waals surface area contributed by atoms with Gasteiger partial charge in [-0.3, -0.25) is 4.79 Å². The number of ether oxygens (including phenoxy) is 1. The Labute approximate surface area is 126 Å². The summed E-state index contributed by atoms with van der Waals surface area (Å²) in [5, 5.41) is 17.0. The number of phenolic OH excluding ortho intramolecular Hbond substituents is 1. The molecule has 0 aliphatic heterocycles. The minimum atomic E-state index is -0.385. The second-order valence-electron chi connectivity index (χ2n) is 4.59. The molecule has 0 fully saturated rings. The monoisotopic (exact) mass is 309 g/mol. The van der Waals surface area contributed by atoms with E-state index in [0.29, 0.717) is 17.0 Å². The molecule has 1 atom stereocenters. The van der Waals surface area contributed by atoms with Crippen LogP contribution in [0.2, 0.25) is 5.02 Å². The van der Waals surface area contributed by atoms with Gasteiger partial charge in [-0.05, 0) is 25.1 Å². The summed E-state index contributed by atoms with van der Waals surface area (Å²) in [6.45, 7) is 1.84. The van der Waals surface area contributed by atoms with E-state index < -0.39 is 0 Å². The molecule has 0 saturated carbocycles. The molecule has 21 heavy (non-hydrogen) atoms. The first-order valence-corrected chi connectivity index (χ1v) is 6.67. The molecular weight excluding hydrogens is 294 g/mol. The van der Waals surface area contributed by atoms with Crippen molar-refractivity contribution >= 4 is 17.3 Å². The molecule has 1 aromatic heterocycles. The van der Waals surface area contributed by atoms with Crippen molar-refractivity contribution in [3.8, 4) is 11.5 Å². The second-order valence-corrected chi connectivity index (χ2v) is 4.97. The number of hydrogen-bond donors (Lipinski definition) is 2. The number of hydrogen-bond acceptors (Lipinski definition) is 5. The zero-order valence-corrected chi connectivity index (χ0v) is 12.7. The number of nitrogens with one attached hydrogen (secondary N) is 1. The van der Waals surface area contributed by atoms with Gasteiger partial charge in [-0.25, -0.2) is 4.68 Å². The molecule has 0 bridgehead atoms. The van der Waals surface area contributed by atoms with Gasteiger partial charge in [0.25, 0.3) is 5.56 Å². The third kappa shape index (κ3) is 3.11. The van der Waals surface area contributed by atoms with E-state index >= 15 is 0 Å². The Morgan fingerprint density at radius 1 is 1.48 bits per heavy atom. The van der Waals surface area contributed by atoms with Gasteiger partial charge in [0.05, 0.1) is 25.0 Å². The Bertz CT molecular complexity index is 715. The lowest BCUT2D eigenvalue weighted by Gasteiger charge is -2.18. The first kappa shape index (κ1) is 15.2. The predicted octanol–water partition coefficient (Wildman–Crippen LogP) is 2.32. The third-order valence-corrected chi connectivity index (χ3v) is 3.52. The van der Waals surface area contributed by atoms with E-state index in [4.69, 9.17) is 16.3 Å². The lowest BCUT2D eigenvalue weighted by atomic mass is 10.1. The SMILES string of the molecule is COc1ccc(O)c(C(C)Nc2cnn(C)c(=O)c2Cl)c1. The van der Waals surface area contributed by atoms with Crippen LogP contribution in [0, 0.1) is 0 Å². The lowest BCUT2D eigenvalue weighted by Crippen LogP contribution is -2.21. The largest absolute Gasteiger partial charge is 0.508 e. The zero-order chi connectivity index (χ0) is 15.6. The summed E-state index contributed by atoms with van der Waals surface area (Å²) >= 11 is 6.01. The van der Waals surface area contributed by atoms with Crippen LogP contribution in [0.4, 0.5) is 5.69 Å². The Hall–Kier alpha value is -2.21. The van der Waals surface area contributed by atoms with E-state index in [0.717, 1.165) is 4.68 Å². The molecule has 1 aromatic carbocycles. The third-order valence-electron chi connectivity index (χ3n) is 3.15. The smallest absolute Gasteiger partial charge is 0.287 e. The van der Waals surface area contributed by atoms with Gasteiger partial charge in [-0.15, -0.1) is 0 Å². The highest BCUT2D eigenvalue weighted by atomic mass is 35.5. The molecule has 2 N–H and O–H groups in total. The number of rotatable bonds is 4. The van der Waals surface area contributed by atoms with Crippen LogP contribution in [0.3, 0.4) is 0 Å². The van der Waals surface area contributed by atoms with E-state index in [-0.39, 0.29) is 22.4 Å². The maximum atomic E-state index is 11.7. The molecule has 0 spiro atoms. The summed E-state index contributed by atoms with van der Waals surface area (Å²) in [7, 11) is 3.07. The average molecular weight is 310 g/mol. The number of aromatic hydroxyl groups is 1. The van der Waals surface area contributed by atoms with Crippen molar-refractivity contribution in [2.75, 3.05) is 12.4 Å². The number of benzene rings is 1. The molecule has 0 amide bonds. The highest BCUT2D eigenvalue weighted by Crippen LogP contribution is 2.31. The second kappa shape index (κ2) is 6.05. The molecule has 0 aliphatic rings. The fourth-order valence-electron chi connectivity index (χ4n) is 1.93. The first-order valence-electron chi connectivity index (χ1n) is 6.29. The summed E-state index contributed by atoms with van der Waals surface area (Å²) in [6.07, 6.45) is 1.47. The maximum Gasteiger partial charge on any atom is 0.287 e. The molecule has 6 nitrogen and oxygen atoms in total.